The van der Waals surface area contributed by atoms with Crippen LogP contribution in [0.1, 0.15) is 22.9 Å². The number of hydrogen-bond donors (Lipinski definition) is 1. The zero-order chi connectivity index (χ0) is 10.6. The molecule has 0 saturated heterocycles. The topological polar surface area (TPSA) is 38.3 Å². The Hall–Kier alpha value is -0.870. The smallest absolute Gasteiger partial charge is 0.307 e. The molecule has 1 unspecified atom stereocenters. The first-order valence-electron chi connectivity index (χ1n) is 4.47. The maximum Gasteiger partial charge on any atom is 0.307 e. The molecule has 1 rings (SSSR count). The van der Waals surface area contributed by atoms with E-state index in [1.165, 1.54) is 17.6 Å². The zero-order valence-corrected chi connectivity index (χ0v) is 9.48. The predicted molar refractivity (Wildman–Crippen MR) is 57.5 cm³/mol. The number of methoxy groups -OCH3 is 1. The van der Waals surface area contributed by atoms with Crippen LogP contribution in [0.15, 0.2) is 11.4 Å². The van der Waals surface area contributed by atoms with Crippen LogP contribution in [0.3, 0.4) is 0 Å². The number of rotatable bonds is 4. The Labute approximate surface area is 88.1 Å². The van der Waals surface area contributed by atoms with Crippen LogP contribution in [0.25, 0.3) is 0 Å². The summed E-state index contributed by atoms with van der Waals surface area (Å²) in [7, 11) is 3.27. The molecule has 0 spiro atoms. The second-order valence-electron chi connectivity index (χ2n) is 3.09. The van der Waals surface area contributed by atoms with E-state index in [4.69, 9.17) is 0 Å². The molecule has 0 aromatic carbocycles. The van der Waals surface area contributed by atoms with Crippen molar-refractivity contribution in [3.63, 3.8) is 0 Å². The third-order valence-electron chi connectivity index (χ3n) is 2.17. The number of hydrogen-bond acceptors (Lipinski definition) is 4. The SMILES string of the molecule is CNC(CC(=O)OC)c1sccc1C. The number of ether oxygens (including phenoxy) is 1. The first-order chi connectivity index (χ1) is 6.69. The minimum atomic E-state index is -0.183. The number of carbonyl (C=O) groups excluding carboxylic acids is 1. The molecule has 1 aromatic heterocycles. The van der Waals surface area contributed by atoms with Gasteiger partial charge in [-0.15, -0.1) is 11.3 Å². The maximum atomic E-state index is 11.1. The van der Waals surface area contributed by atoms with Crippen LogP contribution in [0, 0.1) is 6.92 Å². The van der Waals surface area contributed by atoms with Crippen molar-refractivity contribution in [2.24, 2.45) is 0 Å². The second kappa shape index (κ2) is 5.12. The molecule has 1 N–H and O–H groups in total. The highest BCUT2D eigenvalue weighted by molar-refractivity contribution is 7.10. The fraction of sp³-hybridized carbons (Fsp3) is 0.500. The molecule has 1 aromatic rings. The zero-order valence-electron chi connectivity index (χ0n) is 8.66. The highest BCUT2D eigenvalue weighted by atomic mass is 32.1. The average Bonchev–Trinajstić information content (AvgIpc) is 2.60. The van der Waals surface area contributed by atoms with Crippen molar-refractivity contribution in [1.82, 2.24) is 5.32 Å². The van der Waals surface area contributed by atoms with Crippen molar-refractivity contribution in [3.8, 4) is 0 Å². The van der Waals surface area contributed by atoms with E-state index >= 15 is 0 Å². The Balaban J connectivity index is 2.72. The monoisotopic (exact) mass is 213 g/mol. The van der Waals surface area contributed by atoms with Crippen LogP contribution in [0.5, 0.6) is 0 Å². The van der Waals surface area contributed by atoms with Crippen molar-refractivity contribution in [1.29, 1.82) is 0 Å². The largest absolute Gasteiger partial charge is 0.469 e. The fourth-order valence-corrected chi connectivity index (χ4v) is 2.36. The highest BCUT2D eigenvalue weighted by Gasteiger charge is 2.17. The summed E-state index contributed by atoms with van der Waals surface area (Å²) in [5.74, 6) is -0.183. The van der Waals surface area contributed by atoms with Crippen LogP contribution in [0.2, 0.25) is 0 Å². The standard InChI is InChI=1S/C10H15NO2S/c1-7-4-5-14-10(7)8(11-2)6-9(12)13-3/h4-5,8,11H,6H2,1-3H3. The van der Waals surface area contributed by atoms with Gasteiger partial charge in [-0.1, -0.05) is 0 Å². The molecule has 0 aliphatic rings. The fourth-order valence-electron chi connectivity index (χ4n) is 1.32. The summed E-state index contributed by atoms with van der Waals surface area (Å²) in [6.07, 6.45) is 0.383. The van der Waals surface area contributed by atoms with Crippen LogP contribution in [0.4, 0.5) is 0 Å². The van der Waals surface area contributed by atoms with Gasteiger partial charge in [-0.25, -0.2) is 0 Å². The van der Waals surface area contributed by atoms with Gasteiger partial charge in [-0.2, -0.15) is 0 Å². The molecule has 0 saturated carbocycles. The molecule has 1 heterocycles. The van der Waals surface area contributed by atoms with Crippen LogP contribution < -0.4 is 5.32 Å². The van der Waals surface area contributed by atoms with E-state index in [1.807, 2.05) is 19.4 Å². The van der Waals surface area contributed by atoms with Gasteiger partial charge in [0, 0.05) is 4.88 Å². The van der Waals surface area contributed by atoms with Crippen molar-refractivity contribution in [3.05, 3.63) is 21.9 Å². The van der Waals surface area contributed by atoms with E-state index in [2.05, 4.69) is 16.1 Å². The lowest BCUT2D eigenvalue weighted by Crippen LogP contribution is -2.20. The number of aryl methyl sites for hydroxylation is 1. The Bertz CT molecular complexity index is 309. The number of thiophene rings is 1. The van der Waals surface area contributed by atoms with E-state index in [-0.39, 0.29) is 12.0 Å². The van der Waals surface area contributed by atoms with E-state index in [0.29, 0.717) is 6.42 Å². The molecule has 0 bridgehead atoms. The lowest BCUT2D eigenvalue weighted by Gasteiger charge is -2.14. The van der Waals surface area contributed by atoms with Gasteiger partial charge in [0.2, 0.25) is 0 Å². The summed E-state index contributed by atoms with van der Waals surface area (Å²) in [5.41, 5.74) is 1.22. The minimum Gasteiger partial charge on any atom is -0.469 e. The Morgan fingerprint density at radius 3 is 2.86 bits per heavy atom. The summed E-state index contributed by atoms with van der Waals surface area (Å²) in [5, 5.41) is 5.15. The molecule has 14 heavy (non-hydrogen) atoms. The van der Waals surface area contributed by atoms with Gasteiger partial charge in [0.05, 0.1) is 19.6 Å². The van der Waals surface area contributed by atoms with E-state index in [1.54, 1.807) is 11.3 Å². The Morgan fingerprint density at radius 1 is 1.71 bits per heavy atom. The molecular weight excluding hydrogens is 198 g/mol. The molecule has 0 aliphatic heterocycles. The first kappa shape index (κ1) is 11.2. The number of carbonyl (C=O) groups is 1. The van der Waals surface area contributed by atoms with Crippen molar-refractivity contribution in [2.75, 3.05) is 14.2 Å². The Kier molecular flexibility index (Phi) is 4.10. The quantitative estimate of drug-likeness (QED) is 0.776. The van der Waals surface area contributed by atoms with Gasteiger partial charge < -0.3 is 10.1 Å². The average molecular weight is 213 g/mol. The van der Waals surface area contributed by atoms with Gasteiger partial charge >= 0.3 is 5.97 Å². The summed E-state index contributed by atoms with van der Waals surface area (Å²) in [6, 6.07) is 2.13. The summed E-state index contributed by atoms with van der Waals surface area (Å²) in [4.78, 5) is 12.3. The molecule has 0 aliphatic carbocycles. The molecule has 0 amide bonds. The molecule has 0 radical (unpaired) electrons. The van der Waals surface area contributed by atoms with Crippen LogP contribution in [-0.2, 0) is 9.53 Å². The van der Waals surface area contributed by atoms with Crippen molar-refractivity contribution >= 4 is 17.3 Å². The molecule has 4 heteroatoms. The van der Waals surface area contributed by atoms with Crippen molar-refractivity contribution < 1.29 is 9.53 Å². The second-order valence-corrected chi connectivity index (χ2v) is 4.04. The summed E-state index contributed by atoms with van der Waals surface area (Å²) >= 11 is 1.66. The van der Waals surface area contributed by atoms with E-state index < -0.39 is 0 Å². The maximum absolute atomic E-state index is 11.1. The van der Waals surface area contributed by atoms with E-state index in [9.17, 15) is 4.79 Å². The third-order valence-corrected chi connectivity index (χ3v) is 3.30. The normalized spacial score (nSPS) is 12.5. The van der Waals surface area contributed by atoms with Crippen LogP contribution >= 0.6 is 11.3 Å². The summed E-state index contributed by atoms with van der Waals surface area (Å²) < 4.78 is 4.65. The van der Waals surface area contributed by atoms with E-state index in [0.717, 1.165) is 0 Å². The third kappa shape index (κ3) is 2.56. The van der Waals surface area contributed by atoms with Crippen LogP contribution in [-0.4, -0.2) is 20.1 Å². The molecule has 0 fully saturated rings. The van der Waals surface area contributed by atoms with Gasteiger partial charge in [0.15, 0.2) is 0 Å². The Morgan fingerprint density at radius 2 is 2.43 bits per heavy atom. The van der Waals surface area contributed by atoms with Gasteiger partial charge in [-0.05, 0) is 31.0 Å². The lowest BCUT2D eigenvalue weighted by atomic mass is 10.1. The number of nitrogens with one attached hydrogen (secondary N) is 1. The van der Waals surface area contributed by atoms with Gasteiger partial charge in [0.1, 0.15) is 0 Å². The summed E-state index contributed by atoms with van der Waals surface area (Å²) in [6.45, 7) is 2.05. The predicted octanol–water partition coefficient (Wildman–Crippen LogP) is 1.88. The highest BCUT2D eigenvalue weighted by Crippen LogP contribution is 2.26. The lowest BCUT2D eigenvalue weighted by molar-refractivity contribution is -0.141. The molecular formula is C10H15NO2S. The molecule has 1 atom stereocenters. The number of esters is 1. The minimum absolute atomic E-state index is 0.0717. The molecule has 78 valence electrons. The van der Waals surface area contributed by atoms with Crippen molar-refractivity contribution in [2.45, 2.75) is 19.4 Å². The van der Waals surface area contributed by atoms with Gasteiger partial charge in [0.25, 0.3) is 0 Å². The van der Waals surface area contributed by atoms with Gasteiger partial charge in [-0.3, -0.25) is 4.79 Å². The molecule has 3 nitrogen and oxygen atoms in total. The first-order valence-corrected chi connectivity index (χ1v) is 5.35.